The van der Waals surface area contributed by atoms with Gasteiger partial charge >= 0.3 is 0 Å². The van der Waals surface area contributed by atoms with Gasteiger partial charge in [0.05, 0.1) is 25.4 Å². The Balaban J connectivity index is 2.14. The topological polar surface area (TPSA) is 47.6 Å². The molecule has 26 heavy (non-hydrogen) atoms. The number of benzene rings is 2. The van der Waals surface area contributed by atoms with Gasteiger partial charge in [-0.2, -0.15) is 0 Å². The van der Waals surface area contributed by atoms with Gasteiger partial charge in [0, 0.05) is 16.1 Å². The molecule has 2 aromatic rings. The third-order valence-electron chi connectivity index (χ3n) is 3.91. The molecule has 0 aliphatic rings. The summed E-state index contributed by atoms with van der Waals surface area (Å²) in [5, 5.41) is 3.69. The number of halogens is 1. The molecule has 1 atom stereocenters. The Kier molecular flexibility index (Phi) is 7.49. The Morgan fingerprint density at radius 3 is 2.42 bits per heavy atom. The largest absolute Gasteiger partial charge is 0.494 e. The molecular weight excluding hydrogens is 350 g/mol. The lowest BCUT2D eigenvalue weighted by Crippen LogP contribution is -2.26. The lowest BCUT2D eigenvalue weighted by atomic mass is 10.1. The number of nitrogens with one attached hydrogen (secondary N) is 1. The molecule has 2 rings (SSSR count). The van der Waals surface area contributed by atoms with Gasteiger partial charge in [0.25, 0.3) is 5.91 Å². The van der Waals surface area contributed by atoms with E-state index >= 15 is 0 Å². The SMILES string of the molecule is CCOc1ccc(C(=O)N[C@H](C)c2ccc(Cl)cc2)cc1COC(C)C. The number of rotatable bonds is 8. The molecular formula is C21H26ClNO3. The zero-order valence-electron chi connectivity index (χ0n) is 15.7. The quantitative estimate of drug-likeness (QED) is 0.693. The Morgan fingerprint density at radius 1 is 1.12 bits per heavy atom. The highest BCUT2D eigenvalue weighted by Gasteiger charge is 2.14. The first kappa shape index (κ1) is 20.3. The van der Waals surface area contributed by atoms with Crippen LogP contribution in [0.25, 0.3) is 0 Å². The molecule has 140 valence electrons. The predicted molar refractivity (Wildman–Crippen MR) is 105 cm³/mol. The Morgan fingerprint density at radius 2 is 1.81 bits per heavy atom. The highest BCUT2D eigenvalue weighted by atomic mass is 35.5. The summed E-state index contributed by atoms with van der Waals surface area (Å²) in [7, 11) is 0. The fourth-order valence-corrected chi connectivity index (χ4v) is 2.63. The minimum atomic E-state index is -0.138. The summed E-state index contributed by atoms with van der Waals surface area (Å²) in [4.78, 5) is 12.6. The molecule has 0 bridgehead atoms. The van der Waals surface area contributed by atoms with Crippen molar-refractivity contribution in [2.45, 2.75) is 46.4 Å². The molecule has 0 aliphatic heterocycles. The average Bonchev–Trinajstić information content (AvgIpc) is 2.61. The first-order valence-electron chi connectivity index (χ1n) is 8.84. The number of hydrogen-bond acceptors (Lipinski definition) is 3. The van der Waals surface area contributed by atoms with Crippen molar-refractivity contribution >= 4 is 17.5 Å². The normalized spacial score (nSPS) is 12.1. The van der Waals surface area contributed by atoms with Gasteiger partial charge in [0.2, 0.25) is 0 Å². The minimum Gasteiger partial charge on any atom is -0.494 e. The van der Waals surface area contributed by atoms with Crippen LogP contribution in [-0.4, -0.2) is 18.6 Å². The monoisotopic (exact) mass is 375 g/mol. The number of hydrogen-bond donors (Lipinski definition) is 1. The lowest BCUT2D eigenvalue weighted by molar-refractivity contribution is 0.0641. The third kappa shape index (κ3) is 5.75. The van der Waals surface area contributed by atoms with E-state index in [1.165, 1.54) is 0 Å². The van der Waals surface area contributed by atoms with Crippen LogP contribution in [-0.2, 0) is 11.3 Å². The van der Waals surface area contributed by atoms with E-state index in [0.717, 1.165) is 16.9 Å². The molecule has 0 heterocycles. The molecule has 0 saturated carbocycles. The molecule has 0 unspecified atom stereocenters. The lowest BCUT2D eigenvalue weighted by Gasteiger charge is -2.17. The van der Waals surface area contributed by atoms with Crippen molar-refractivity contribution in [3.63, 3.8) is 0 Å². The van der Waals surface area contributed by atoms with Crippen LogP contribution in [0.5, 0.6) is 5.75 Å². The molecule has 0 spiro atoms. The van der Waals surface area contributed by atoms with Crippen molar-refractivity contribution in [2.24, 2.45) is 0 Å². The second-order valence-corrected chi connectivity index (χ2v) is 6.80. The van der Waals surface area contributed by atoms with Gasteiger partial charge in [-0.25, -0.2) is 0 Å². The number of amides is 1. The fourth-order valence-electron chi connectivity index (χ4n) is 2.50. The summed E-state index contributed by atoms with van der Waals surface area (Å²) in [5.41, 5.74) is 2.45. The van der Waals surface area contributed by atoms with Crippen LogP contribution < -0.4 is 10.1 Å². The van der Waals surface area contributed by atoms with E-state index < -0.39 is 0 Å². The molecule has 4 nitrogen and oxygen atoms in total. The highest BCUT2D eigenvalue weighted by molar-refractivity contribution is 6.30. The van der Waals surface area contributed by atoms with E-state index in [-0.39, 0.29) is 18.1 Å². The van der Waals surface area contributed by atoms with Gasteiger partial charge in [-0.05, 0) is 63.6 Å². The van der Waals surface area contributed by atoms with Crippen molar-refractivity contribution in [3.05, 3.63) is 64.2 Å². The number of carbonyl (C=O) groups excluding carboxylic acids is 1. The Hall–Kier alpha value is -2.04. The molecule has 0 aromatic heterocycles. The predicted octanol–water partition coefficient (Wildman–Crippen LogP) is 5.15. The minimum absolute atomic E-state index is 0.104. The van der Waals surface area contributed by atoms with E-state index in [9.17, 15) is 4.79 Å². The summed E-state index contributed by atoms with van der Waals surface area (Å²) >= 11 is 5.92. The zero-order valence-corrected chi connectivity index (χ0v) is 16.5. The maximum absolute atomic E-state index is 12.6. The van der Waals surface area contributed by atoms with Gasteiger partial charge in [-0.3, -0.25) is 4.79 Å². The maximum Gasteiger partial charge on any atom is 0.251 e. The van der Waals surface area contributed by atoms with Gasteiger partial charge in [-0.15, -0.1) is 0 Å². The van der Waals surface area contributed by atoms with Crippen molar-refractivity contribution in [1.82, 2.24) is 5.32 Å². The van der Waals surface area contributed by atoms with Crippen LogP contribution >= 0.6 is 11.6 Å². The van der Waals surface area contributed by atoms with Crippen molar-refractivity contribution in [3.8, 4) is 5.75 Å². The summed E-state index contributed by atoms with van der Waals surface area (Å²) in [6, 6.07) is 12.8. The van der Waals surface area contributed by atoms with Crippen molar-refractivity contribution < 1.29 is 14.3 Å². The second kappa shape index (κ2) is 9.60. The van der Waals surface area contributed by atoms with Gasteiger partial charge in [0.15, 0.2) is 0 Å². The smallest absolute Gasteiger partial charge is 0.251 e. The second-order valence-electron chi connectivity index (χ2n) is 6.36. The Bertz CT molecular complexity index is 729. The third-order valence-corrected chi connectivity index (χ3v) is 4.16. The van der Waals surface area contributed by atoms with E-state index in [1.54, 1.807) is 6.07 Å². The van der Waals surface area contributed by atoms with Crippen LogP contribution in [0, 0.1) is 0 Å². The molecule has 2 aromatic carbocycles. The first-order chi connectivity index (χ1) is 12.4. The van der Waals surface area contributed by atoms with E-state index in [1.807, 2.05) is 64.1 Å². The van der Waals surface area contributed by atoms with E-state index in [4.69, 9.17) is 21.1 Å². The van der Waals surface area contributed by atoms with Gasteiger partial charge in [0.1, 0.15) is 5.75 Å². The average molecular weight is 376 g/mol. The summed E-state index contributed by atoms with van der Waals surface area (Å²) in [5.74, 6) is 0.608. The zero-order chi connectivity index (χ0) is 19.1. The van der Waals surface area contributed by atoms with Crippen molar-refractivity contribution in [1.29, 1.82) is 0 Å². The van der Waals surface area contributed by atoms with Crippen LogP contribution in [0.4, 0.5) is 0 Å². The van der Waals surface area contributed by atoms with Gasteiger partial charge < -0.3 is 14.8 Å². The van der Waals surface area contributed by atoms with E-state index in [2.05, 4.69) is 5.32 Å². The van der Waals surface area contributed by atoms with Crippen LogP contribution in [0.3, 0.4) is 0 Å². The van der Waals surface area contributed by atoms with E-state index in [0.29, 0.717) is 23.8 Å². The van der Waals surface area contributed by atoms with Crippen LogP contribution in [0.2, 0.25) is 5.02 Å². The molecule has 1 amide bonds. The number of carbonyl (C=O) groups is 1. The molecule has 5 heteroatoms. The highest BCUT2D eigenvalue weighted by Crippen LogP contribution is 2.23. The van der Waals surface area contributed by atoms with Crippen LogP contribution in [0.1, 0.15) is 55.2 Å². The fraction of sp³-hybridized carbons (Fsp3) is 0.381. The van der Waals surface area contributed by atoms with Crippen molar-refractivity contribution in [2.75, 3.05) is 6.61 Å². The number of ether oxygens (including phenoxy) is 2. The molecule has 1 N–H and O–H groups in total. The summed E-state index contributed by atoms with van der Waals surface area (Å²) in [6.07, 6.45) is 0.104. The Labute approximate surface area is 160 Å². The summed E-state index contributed by atoms with van der Waals surface area (Å²) < 4.78 is 11.3. The molecule has 0 aliphatic carbocycles. The maximum atomic E-state index is 12.6. The first-order valence-corrected chi connectivity index (χ1v) is 9.22. The standard InChI is InChI=1S/C21H26ClNO3/c1-5-25-20-11-8-17(12-18(20)13-26-14(2)3)21(24)23-15(4)16-6-9-19(22)10-7-16/h6-12,14-15H,5,13H2,1-4H3,(H,23,24)/t15-/m1/s1. The van der Waals surface area contributed by atoms with Gasteiger partial charge in [-0.1, -0.05) is 23.7 Å². The molecule has 0 fully saturated rings. The summed E-state index contributed by atoms with van der Waals surface area (Å²) in [6.45, 7) is 8.80. The van der Waals surface area contributed by atoms with Crippen LogP contribution in [0.15, 0.2) is 42.5 Å². The molecule has 0 saturated heterocycles. The molecule has 0 radical (unpaired) electrons.